The molecular formula is C8H2ClF5O2. The highest BCUT2D eigenvalue weighted by molar-refractivity contribution is 6.67. The predicted molar refractivity (Wildman–Crippen MR) is 43.2 cm³/mol. The molecule has 0 aromatic heterocycles. The summed E-state index contributed by atoms with van der Waals surface area (Å²) in [5.41, 5.74) is -1.03. The minimum Gasteiger partial charge on any atom is -0.403 e. The fraction of sp³-hybridized carbons (Fsp3) is 0.125. The number of carbonyl (C=O) groups is 1. The Morgan fingerprint density at radius 1 is 1.25 bits per heavy atom. The van der Waals surface area contributed by atoms with Crippen LogP contribution < -0.4 is 4.74 Å². The van der Waals surface area contributed by atoms with E-state index in [4.69, 9.17) is 11.6 Å². The molecule has 0 aliphatic rings. The number of hydrogen-bond acceptors (Lipinski definition) is 2. The Balaban J connectivity index is 3.25. The largest absolute Gasteiger partial charge is 0.573 e. The molecule has 0 amide bonds. The lowest BCUT2D eigenvalue weighted by molar-refractivity contribution is -0.275. The van der Waals surface area contributed by atoms with E-state index in [1.54, 1.807) is 0 Å². The van der Waals surface area contributed by atoms with Crippen LogP contribution in [0, 0.1) is 11.6 Å². The van der Waals surface area contributed by atoms with Crippen LogP contribution in [0.2, 0.25) is 0 Å². The minimum atomic E-state index is -5.19. The highest BCUT2D eigenvalue weighted by Crippen LogP contribution is 2.29. The van der Waals surface area contributed by atoms with Gasteiger partial charge in [0.1, 0.15) is 5.82 Å². The lowest BCUT2D eigenvalue weighted by Gasteiger charge is -2.10. The van der Waals surface area contributed by atoms with E-state index in [1.165, 1.54) is 0 Å². The molecule has 16 heavy (non-hydrogen) atoms. The van der Waals surface area contributed by atoms with Crippen molar-refractivity contribution in [1.82, 2.24) is 0 Å². The molecule has 0 bridgehead atoms. The molecule has 0 N–H and O–H groups in total. The van der Waals surface area contributed by atoms with Crippen molar-refractivity contribution in [2.45, 2.75) is 6.36 Å². The summed E-state index contributed by atoms with van der Waals surface area (Å²) >= 11 is 4.84. The van der Waals surface area contributed by atoms with E-state index in [2.05, 4.69) is 4.74 Å². The zero-order valence-corrected chi connectivity index (χ0v) is 7.99. The van der Waals surface area contributed by atoms with Crippen molar-refractivity contribution in [1.29, 1.82) is 0 Å². The summed E-state index contributed by atoms with van der Waals surface area (Å²) in [7, 11) is 0. The van der Waals surface area contributed by atoms with Crippen molar-refractivity contribution < 1.29 is 31.5 Å². The SMILES string of the molecule is O=C(Cl)c1cc(F)cc(OC(F)(F)F)c1F. The third-order valence-electron chi connectivity index (χ3n) is 1.44. The van der Waals surface area contributed by atoms with Crippen LogP contribution in [-0.4, -0.2) is 11.6 Å². The molecule has 1 aromatic carbocycles. The Morgan fingerprint density at radius 3 is 2.25 bits per heavy atom. The van der Waals surface area contributed by atoms with Gasteiger partial charge in [-0.3, -0.25) is 4.79 Å². The van der Waals surface area contributed by atoms with Gasteiger partial charge in [-0.2, -0.15) is 0 Å². The van der Waals surface area contributed by atoms with Crippen molar-refractivity contribution in [3.8, 4) is 5.75 Å². The zero-order chi connectivity index (χ0) is 12.5. The second kappa shape index (κ2) is 4.25. The van der Waals surface area contributed by atoms with Crippen molar-refractivity contribution in [3.63, 3.8) is 0 Å². The van der Waals surface area contributed by atoms with Crippen LogP contribution in [0.15, 0.2) is 12.1 Å². The molecule has 0 aliphatic heterocycles. The molecule has 2 nitrogen and oxygen atoms in total. The normalized spacial score (nSPS) is 11.4. The van der Waals surface area contributed by atoms with Gasteiger partial charge >= 0.3 is 6.36 Å². The number of carbonyl (C=O) groups excluding carboxylic acids is 1. The summed E-state index contributed by atoms with van der Waals surface area (Å²) in [6, 6.07) is 0.528. The molecule has 0 saturated carbocycles. The topological polar surface area (TPSA) is 26.3 Å². The smallest absolute Gasteiger partial charge is 0.403 e. The second-order valence-corrected chi connectivity index (χ2v) is 2.93. The lowest BCUT2D eigenvalue weighted by atomic mass is 10.2. The van der Waals surface area contributed by atoms with Gasteiger partial charge in [-0.05, 0) is 17.7 Å². The summed E-state index contributed by atoms with van der Waals surface area (Å²) in [5, 5.41) is -1.43. The van der Waals surface area contributed by atoms with Gasteiger partial charge in [0.2, 0.25) is 0 Å². The Hall–Kier alpha value is -1.37. The quantitative estimate of drug-likeness (QED) is 0.603. The Kier molecular flexibility index (Phi) is 3.37. The molecule has 0 fully saturated rings. The number of hydrogen-bond donors (Lipinski definition) is 0. The molecule has 0 heterocycles. The summed E-state index contributed by atoms with van der Waals surface area (Å²) in [4.78, 5) is 10.6. The molecule has 0 unspecified atom stereocenters. The highest BCUT2D eigenvalue weighted by Gasteiger charge is 2.33. The van der Waals surface area contributed by atoms with E-state index < -0.39 is 34.6 Å². The number of rotatable bonds is 2. The van der Waals surface area contributed by atoms with E-state index >= 15 is 0 Å². The first-order valence-electron chi connectivity index (χ1n) is 3.65. The van der Waals surface area contributed by atoms with E-state index in [1.807, 2.05) is 0 Å². The van der Waals surface area contributed by atoms with E-state index in [9.17, 15) is 26.7 Å². The Morgan fingerprint density at radius 2 is 1.81 bits per heavy atom. The number of benzene rings is 1. The fourth-order valence-corrected chi connectivity index (χ4v) is 1.04. The fourth-order valence-electron chi connectivity index (χ4n) is 0.906. The van der Waals surface area contributed by atoms with Crippen molar-refractivity contribution >= 4 is 16.8 Å². The van der Waals surface area contributed by atoms with E-state index in [0.717, 1.165) is 0 Å². The first-order valence-corrected chi connectivity index (χ1v) is 4.03. The maximum atomic E-state index is 13.1. The molecule has 0 saturated heterocycles. The average Bonchev–Trinajstić information content (AvgIpc) is 2.07. The number of halogens is 6. The predicted octanol–water partition coefficient (Wildman–Crippen LogP) is 3.24. The van der Waals surface area contributed by atoms with Crippen LogP contribution in [0.4, 0.5) is 22.0 Å². The summed E-state index contributed by atoms with van der Waals surface area (Å²) in [6.45, 7) is 0. The number of alkyl halides is 3. The molecule has 1 aromatic rings. The Labute approximate surface area is 90.6 Å². The first-order chi connectivity index (χ1) is 7.20. The van der Waals surface area contributed by atoms with Crippen LogP contribution >= 0.6 is 11.6 Å². The highest BCUT2D eigenvalue weighted by atomic mass is 35.5. The molecule has 0 atom stereocenters. The Bertz CT molecular complexity index is 429. The monoisotopic (exact) mass is 260 g/mol. The van der Waals surface area contributed by atoms with Crippen LogP contribution in [0.5, 0.6) is 5.75 Å². The van der Waals surface area contributed by atoms with Crippen LogP contribution in [0.3, 0.4) is 0 Å². The van der Waals surface area contributed by atoms with Crippen LogP contribution in [0.25, 0.3) is 0 Å². The zero-order valence-electron chi connectivity index (χ0n) is 7.24. The van der Waals surface area contributed by atoms with Gasteiger partial charge in [0.25, 0.3) is 5.24 Å². The van der Waals surface area contributed by atoms with Gasteiger partial charge in [-0.25, -0.2) is 8.78 Å². The van der Waals surface area contributed by atoms with Gasteiger partial charge in [0.15, 0.2) is 11.6 Å². The second-order valence-electron chi connectivity index (χ2n) is 2.59. The molecule has 1 rings (SSSR count). The van der Waals surface area contributed by atoms with Crippen LogP contribution in [0.1, 0.15) is 10.4 Å². The summed E-state index contributed by atoms with van der Waals surface area (Å²) < 4.78 is 64.3. The van der Waals surface area contributed by atoms with Crippen LogP contribution in [-0.2, 0) is 0 Å². The van der Waals surface area contributed by atoms with Gasteiger partial charge in [0.05, 0.1) is 5.56 Å². The first kappa shape index (κ1) is 12.7. The summed E-state index contributed by atoms with van der Waals surface area (Å²) in [6.07, 6.45) is -5.19. The maximum absolute atomic E-state index is 13.1. The molecule has 8 heteroatoms. The maximum Gasteiger partial charge on any atom is 0.573 e. The lowest BCUT2D eigenvalue weighted by Crippen LogP contribution is -2.18. The van der Waals surface area contributed by atoms with E-state index in [-0.39, 0.29) is 6.07 Å². The standard InChI is InChI=1S/C8H2ClF5O2/c9-7(15)4-1-3(10)2-5(6(4)11)16-8(12,13)14/h1-2H. The number of ether oxygens (including phenoxy) is 1. The molecular weight excluding hydrogens is 259 g/mol. The van der Waals surface area contributed by atoms with Gasteiger partial charge in [-0.1, -0.05) is 0 Å². The minimum absolute atomic E-state index is 0.159. The van der Waals surface area contributed by atoms with Crippen molar-refractivity contribution in [3.05, 3.63) is 29.3 Å². The average molecular weight is 261 g/mol. The third kappa shape index (κ3) is 3.06. The van der Waals surface area contributed by atoms with E-state index in [0.29, 0.717) is 6.07 Å². The third-order valence-corrected chi connectivity index (χ3v) is 1.65. The van der Waals surface area contributed by atoms with Gasteiger partial charge in [0, 0.05) is 6.07 Å². The van der Waals surface area contributed by atoms with Gasteiger partial charge < -0.3 is 4.74 Å². The van der Waals surface area contributed by atoms with Crippen molar-refractivity contribution in [2.75, 3.05) is 0 Å². The molecule has 0 spiro atoms. The molecule has 0 radical (unpaired) electrons. The van der Waals surface area contributed by atoms with Gasteiger partial charge in [-0.15, -0.1) is 13.2 Å². The summed E-state index contributed by atoms with van der Waals surface area (Å²) in [5.74, 6) is -4.39. The van der Waals surface area contributed by atoms with Crippen molar-refractivity contribution in [2.24, 2.45) is 0 Å². The molecule has 88 valence electrons. The molecule has 0 aliphatic carbocycles.